The van der Waals surface area contributed by atoms with Gasteiger partial charge in [0.25, 0.3) is 11.8 Å². The number of aliphatic hydroxyl groups excluding tert-OH is 1. The lowest BCUT2D eigenvalue weighted by molar-refractivity contribution is -0.121. The highest BCUT2D eigenvalue weighted by molar-refractivity contribution is 6.24. The van der Waals surface area contributed by atoms with E-state index in [0.717, 1.165) is 11.1 Å². The van der Waals surface area contributed by atoms with Crippen molar-refractivity contribution in [2.45, 2.75) is 45.1 Å². The van der Waals surface area contributed by atoms with Crippen LogP contribution in [0, 0.1) is 0 Å². The fourth-order valence-electron chi connectivity index (χ4n) is 3.36. The number of rotatable bonds is 6. The highest BCUT2D eigenvalue weighted by atomic mass is 16.3. The molecule has 0 aromatic heterocycles. The van der Waals surface area contributed by atoms with Crippen LogP contribution in [0.3, 0.4) is 0 Å². The average Bonchev–Trinajstić information content (AvgIpc) is 2.90. The van der Waals surface area contributed by atoms with E-state index < -0.39 is 17.4 Å². The van der Waals surface area contributed by atoms with Gasteiger partial charge in [-0.05, 0) is 48.9 Å². The molecule has 0 saturated carbocycles. The maximum Gasteiger partial charge on any atom is 0.264 e. The van der Waals surface area contributed by atoms with E-state index in [1.807, 2.05) is 48.5 Å². The average molecular weight is 378 g/mol. The van der Waals surface area contributed by atoms with Crippen LogP contribution in [0.4, 0.5) is 5.69 Å². The molecular weight excluding hydrogens is 352 g/mol. The third-order valence-corrected chi connectivity index (χ3v) is 5.17. The fourth-order valence-corrected chi connectivity index (χ4v) is 3.36. The molecule has 0 fully saturated rings. The molecule has 2 aromatic rings. The molecule has 1 atom stereocenters. The van der Waals surface area contributed by atoms with Crippen molar-refractivity contribution in [2.75, 3.05) is 5.32 Å². The first kappa shape index (κ1) is 19.7. The van der Waals surface area contributed by atoms with Gasteiger partial charge in [0.05, 0.1) is 5.54 Å². The van der Waals surface area contributed by atoms with E-state index in [2.05, 4.69) is 24.5 Å². The Balaban J connectivity index is 1.77. The highest BCUT2D eigenvalue weighted by Gasteiger charge is 2.44. The molecule has 5 heteroatoms. The number of nitrogens with one attached hydrogen (secondary N) is 2. The Hall–Kier alpha value is -3.08. The Morgan fingerprint density at radius 1 is 1.14 bits per heavy atom. The number of carbonyl (C=O) groups excluding carboxylic acids is 2. The lowest BCUT2D eigenvalue weighted by atomic mass is 9.92. The molecule has 146 valence electrons. The van der Waals surface area contributed by atoms with Gasteiger partial charge < -0.3 is 15.7 Å². The molecule has 2 amide bonds. The summed E-state index contributed by atoms with van der Waals surface area (Å²) in [4.78, 5) is 25.1. The zero-order valence-electron chi connectivity index (χ0n) is 16.5. The lowest BCUT2D eigenvalue weighted by Crippen LogP contribution is -2.42. The number of anilines is 1. The van der Waals surface area contributed by atoms with Crippen molar-refractivity contribution in [2.24, 2.45) is 0 Å². The normalized spacial score (nSPS) is 19.1. The molecule has 3 N–H and O–H groups in total. The van der Waals surface area contributed by atoms with Gasteiger partial charge in [-0.1, -0.05) is 56.3 Å². The minimum Gasteiger partial charge on any atom is -0.509 e. The van der Waals surface area contributed by atoms with Crippen LogP contribution < -0.4 is 10.6 Å². The Labute approximate surface area is 165 Å². The predicted molar refractivity (Wildman–Crippen MR) is 110 cm³/mol. The Morgan fingerprint density at radius 2 is 1.86 bits per heavy atom. The number of aliphatic hydroxyl groups is 1. The molecule has 0 spiro atoms. The molecule has 1 aliphatic rings. The number of hydrogen-bond acceptors (Lipinski definition) is 3. The van der Waals surface area contributed by atoms with Crippen LogP contribution in [0.25, 0.3) is 0 Å². The minimum atomic E-state index is -0.959. The number of hydrogen-bond donors (Lipinski definition) is 3. The third-order valence-electron chi connectivity index (χ3n) is 5.17. The van der Waals surface area contributed by atoms with Crippen LogP contribution in [0.2, 0.25) is 0 Å². The zero-order valence-corrected chi connectivity index (χ0v) is 16.5. The van der Waals surface area contributed by atoms with E-state index in [-0.39, 0.29) is 11.3 Å². The maximum atomic E-state index is 12.7. The minimum absolute atomic E-state index is 0.203. The zero-order chi connectivity index (χ0) is 20.3. The highest BCUT2D eigenvalue weighted by Crippen LogP contribution is 2.30. The van der Waals surface area contributed by atoms with Crippen molar-refractivity contribution in [3.63, 3.8) is 0 Å². The van der Waals surface area contributed by atoms with Crippen molar-refractivity contribution in [3.8, 4) is 0 Å². The van der Waals surface area contributed by atoms with Gasteiger partial charge in [0.2, 0.25) is 0 Å². The summed E-state index contributed by atoms with van der Waals surface area (Å²) in [6, 6.07) is 17.3. The van der Waals surface area contributed by atoms with Gasteiger partial charge >= 0.3 is 0 Å². The monoisotopic (exact) mass is 378 g/mol. The van der Waals surface area contributed by atoms with Gasteiger partial charge in [-0.15, -0.1) is 0 Å². The number of aryl methyl sites for hydroxylation is 1. The van der Waals surface area contributed by atoms with Gasteiger partial charge in [0.15, 0.2) is 0 Å². The Kier molecular flexibility index (Phi) is 5.54. The molecule has 0 aliphatic carbocycles. The van der Waals surface area contributed by atoms with Crippen molar-refractivity contribution < 1.29 is 14.7 Å². The van der Waals surface area contributed by atoms with Gasteiger partial charge in [0, 0.05) is 5.69 Å². The van der Waals surface area contributed by atoms with Gasteiger partial charge in [-0.25, -0.2) is 0 Å². The van der Waals surface area contributed by atoms with E-state index in [9.17, 15) is 14.7 Å². The third kappa shape index (κ3) is 4.09. The van der Waals surface area contributed by atoms with E-state index in [1.54, 1.807) is 13.0 Å². The molecule has 1 heterocycles. The summed E-state index contributed by atoms with van der Waals surface area (Å²) in [6.45, 7) is 5.87. The summed E-state index contributed by atoms with van der Waals surface area (Å²) in [5, 5.41) is 16.2. The van der Waals surface area contributed by atoms with Gasteiger partial charge in [-0.3, -0.25) is 9.59 Å². The second-order valence-corrected chi connectivity index (χ2v) is 7.73. The van der Waals surface area contributed by atoms with Crippen molar-refractivity contribution in [3.05, 3.63) is 77.1 Å². The topological polar surface area (TPSA) is 78.4 Å². The van der Waals surface area contributed by atoms with Gasteiger partial charge in [-0.2, -0.15) is 0 Å². The molecule has 1 aliphatic heterocycles. The van der Waals surface area contributed by atoms with E-state index in [1.165, 1.54) is 0 Å². The second-order valence-electron chi connectivity index (χ2n) is 7.73. The van der Waals surface area contributed by atoms with E-state index >= 15 is 0 Å². The molecule has 0 radical (unpaired) electrons. The van der Waals surface area contributed by atoms with Crippen molar-refractivity contribution in [1.29, 1.82) is 0 Å². The fraction of sp³-hybridized carbons (Fsp3) is 0.304. The Bertz CT molecular complexity index is 918. The Morgan fingerprint density at radius 3 is 2.54 bits per heavy atom. The summed E-state index contributed by atoms with van der Waals surface area (Å²) in [5.41, 5.74) is 1.61. The number of benzene rings is 2. The number of amides is 2. The van der Waals surface area contributed by atoms with Gasteiger partial charge in [0.1, 0.15) is 11.3 Å². The summed E-state index contributed by atoms with van der Waals surface area (Å²) in [6.07, 6.45) is 1.17. The maximum absolute atomic E-state index is 12.7. The largest absolute Gasteiger partial charge is 0.509 e. The molecule has 3 rings (SSSR count). The molecule has 28 heavy (non-hydrogen) atoms. The van der Waals surface area contributed by atoms with Crippen LogP contribution in [-0.4, -0.2) is 22.5 Å². The van der Waals surface area contributed by atoms with E-state index in [4.69, 9.17) is 0 Å². The second kappa shape index (κ2) is 7.89. The summed E-state index contributed by atoms with van der Waals surface area (Å²) in [7, 11) is 0. The first-order valence-corrected chi connectivity index (χ1v) is 9.51. The van der Waals surface area contributed by atoms with Crippen LogP contribution >= 0.6 is 0 Å². The lowest BCUT2D eigenvalue weighted by Gasteiger charge is -2.24. The summed E-state index contributed by atoms with van der Waals surface area (Å²) >= 11 is 0. The summed E-state index contributed by atoms with van der Waals surface area (Å²) in [5.74, 6) is -1.03. The number of carbonyl (C=O) groups is 2. The molecule has 5 nitrogen and oxygen atoms in total. The SMILES string of the molecule is CC(C)c1cccc(NC(=O)C2=C(O)C(C)(CCc3ccccc3)NC2=O)c1. The van der Waals surface area contributed by atoms with Crippen LogP contribution in [0.15, 0.2) is 65.9 Å². The van der Waals surface area contributed by atoms with Crippen molar-refractivity contribution in [1.82, 2.24) is 5.32 Å². The van der Waals surface area contributed by atoms with Crippen LogP contribution in [0.5, 0.6) is 0 Å². The van der Waals surface area contributed by atoms with Crippen LogP contribution in [0.1, 0.15) is 44.2 Å². The molecular formula is C23H26N2O3. The smallest absolute Gasteiger partial charge is 0.264 e. The molecule has 0 bridgehead atoms. The molecule has 1 unspecified atom stereocenters. The first-order valence-electron chi connectivity index (χ1n) is 9.51. The summed E-state index contributed by atoms with van der Waals surface area (Å²) < 4.78 is 0. The molecule has 2 aromatic carbocycles. The molecule has 0 saturated heterocycles. The first-order chi connectivity index (χ1) is 13.3. The quantitative estimate of drug-likeness (QED) is 0.663. The predicted octanol–water partition coefficient (Wildman–Crippen LogP) is 4.08. The van der Waals surface area contributed by atoms with Crippen LogP contribution in [-0.2, 0) is 16.0 Å². The van der Waals surface area contributed by atoms with E-state index in [0.29, 0.717) is 24.4 Å². The standard InChI is InChI=1S/C23H26N2O3/c1-15(2)17-10-7-11-18(14-17)24-21(27)19-20(26)23(3,25-22(19)28)13-12-16-8-5-4-6-9-16/h4-11,14-15,26H,12-13H2,1-3H3,(H,24,27)(H,25,28). The van der Waals surface area contributed by atoms with Crippen molar-refractivity contribution >= 4 is 17.5 Å².